The number of hydrogen-bond donors (Lipinski definition) is 0. The molecule has 4 nitrogen and oxygen atoms in total. The molecule has 0 aliphatic carbocycles. The lowest BCUT2D eigenvalue weighted by atomic mass is 9.34. The third-order valence-corrected chi connectivity index (χ3v) is 14.1. The fourth-order valence-corrected chi connectivity index (χ4v) is 11.8. The van der Waals surface area contributed by atoms with Crippen molar-refractivity contribution in [3.8, 4) is 34.6 Å². The van der Waals surface area contributed by atoms with Crippen molar-refractivity contribution < 1.29 is 0 Å². The van der Waals surface area contributed by atoms with Crippen molar-refractivity contribution in [2.75, 3.05) is 0 Å². The highest BCUT2D eigenvalue weighted by Gasteiger charge is 2.42. The number of benzene rings is 11. The monoisotopic (exact) mass is 766 g/mol. The molecule has 4 heterocycles. The number of nitrogens with zero attached hydrogens (tertiary/aromatic N) is 4. The summed E-state index contributed by atoms with van der Waals surface area (Å²) in [5, 5.41) is 37.3. The lowest BCUT2D eigenvalue weighted by Gasteiger charge is -2.34. The van der Waals surface area contributed by atoms with Crippen LogP contribution >= 0.6 is 0 Å². The van der Waals surface area contributed by atoms with Crippen LogP contribution < -0.4 is 16.4 Å². The molecule has 13 aromatic rings. The number of aromatic nitrogens is 2. The van der Waals surface area contributed by atoms with Crippen molar-refractivity contribution in [2.45, 2.75) is 0 Å². The zero-order valence-corrected chi connectivity index (χ0v) is 32.5. The molecule has 2 aliphatic rings. The van der Waals surface area contributed by atoms with Crippen molar-refractivity contribution in [1.29, 1.82) is 10.5 Å². The quantitative estimate of drug-likeness (QED) is 0.123. The van der Waals surface area contributed by atoms with Crippen LogP contribution in [0, 0.1) is 22.7 Å². The molecule has 0 atom stereocenters. The standard InChI is InChI=1S/C56H27BN4/c58-28-30-12-18-46-42(20-30)52-40-10-3-1-6-34(40)24-44-55(52)60(46)48-26-39(38-22-36-16-14-32-8-5-9-33-15-17-37(23-38)51(36)50(32)33)27-49-54(48)57(44)45-25-35-7-2-4-11-41(35)53-43-21-31(29-59)13-19-47(43)61(49)56(45)53/h1-27H. The van der Waals surface area contributed by atoms with Crippen molar-refractivity contribution >= 4 is 121 Å². The summed E-state index contributed by atoms with van der Waals surface area (Å²) in [5.74, 6) is 0. The minimum atomic E-state index is -0.0803. The fraction of sp³-hybridized carbons (Fsp3) is 0. The summed E-state index contributed by atoms with van der Waals surface area (Å²) in [5.41, 5.74) is 14.3. The summed E-state index contributed by atoms with van der Waals surface area (Å²) >= 11 is 0. The molecule has 2 aliphatic heterocycles. The van der Waals surface area contributed by atoms with E-state index in [4.69, 9.17) is 0 Å². The number of rotatable bonds is 1. The van der Waals surface area contributed by atoms with Crippen molar-refractivity contribution in [3.63, 3.8) is 0 Å². The minimum absolute atomic E-state index is 0.0803. The molecule has 0 spiro atoms. The van der Waals surface area contributed by atoms with Crippen LogP contribution in [0.15, 0.2) is 164 Å². The van der Waals surface area contributed by atoms with Crippen molar-refractivity contribution in [1.82, 2.24) is 9.13 Å². The van der Waals surface area contributed by atoms with Gasteiger partial charge in [-0.3, -0.25) is 0 Å². The first-order valence-electron chi connectivity index (χ1n) is 20.8. The lowest BCUT2D eigenvalue weighted by molar-refractivity contribution is 1.14. The SMILES string of the molecule is N#Cc1ccc2c(c1)c1c3ccccc3cc3c1n2-c1cc(-c2cc4ccc5cccc6ccc(c2)c4c56)cc2c1B3c1cc3ccccc3c3c4cc(C#N)ccc4n-2c13. The van der Waals surface area contributed by atoms with Crippen LogP contribution in [0.2, 0.25) is 0 Å². The highest BCUT2D eigenvalue weighted by Crippen LogP contribution is 2.45. The maximum absolute atomic E-state index is 10.2. The Bertz CT molecular complexity index is 4060. The van der Waals surface area contributed by atoms with E-state index in [0.29, 0.717) is 11.1 Å². The van der Waals surface area contributed by atoms with E-state index in [1.165, 1.54) is 92.1 Å². The van der Waals surface area contributed by atoms with Gasteiger partial charge in [0.25, 0.3) is 6.71 Å². The van der Waals surface area contributed by atoms with Crippen LogP contribution in [0.5, 0.6) is 0 Å². The maximum Gasteiger partial charge on any atom is 0.252 e. The second kappa shape index (κ2) is 10.8. The van der Waals surface area contributed by atoms with Gasteiger partial charge >= 0.3 is 0 Å². The summed E-state index contributed by atoms with van der Waals surface area (Å²) in [4.78, 5) is 0. The van der Waals surface area contributed by atoms with Gasteiger partial charge < -0.3 is 9.13 Å². The summed E-state index contributed by atoms with van der Waals surface area (Å²) in [6.45, 7) is -0.0803. The fourth-order valence-electron chi connectivity index (χ4n) is 11.8. The summed E-state index contributed by atoms with van der Waals surface area (Å²) in [6, 6.07) is 64.8. The van der Waals surface area contributed by atoms with Gasteiger partial charge in [-0.25, -0.2) is 0 Å². The van der Waals surface area contributed by atoms with Gasteiger partial charge in [-0.1, -0.05) is 103 Å². The van der Waals surface area contributed by atoms with E-state index in [1.54, 1.807) is 0 Å². The molecule has 0 saturated heterocycles. The Morgan fingerprint density at radius 1 is 0.377 bits per heavy atom. The van der Waals surface area contributed by atoms with E-state index >= 15 is 0 Å². The normalized spacial score (nSPS) is 12.9. The molecule has 274 valence electrons. The highest BCUT2D eigenvalue weighted by molar-refractivity contribution is 7.00. The first kappa shape index (κ1) is 31.6. The molecular formula is C56H27BN4. The molecule has 2 aromatic heterocycles. The first-order valence-corrected chi connectivity index (χ1v) is 20.8. The van der Waals surface area contributed by atoms with E-state index in [2.05, 4.69) is 173 Å². The Labute approximate surface area is 348 Å². The van der Waals surface area contributed by atoms with Gasteiger partial charge in [0.1, 0.15) is 0 Å². The number of hydrogen-bond acceptors (Lipinski definition) is 2. The first-order chi connectivity index (χ1) is 30.1. The van der Waals surface area contributed by atoms with Crippen LogP contribution in [0.25, 0.3) is 120 Å². The van der Waals surface area contributed by atoms with Crippen LogP contribution in [0.4, 0.5) is 0 Å². The van der Waals surface area contributed by atoms with Gasteiger partial charge in [0.2, 0.25) is 0 Å². The average molecular weight is 767 g/mol. The molecule has 0 N–H and O–H groups in total. The van der Waals surface area contributed by atoms with Gasteiger partial charge in [-0.05, 0) is 142 Å². The van der Waals surface area contributed by atoms with Crippen LogP contribution in [0.3, 0.4) is 0 Å². The van der Waals surface area contributed by atoms with Crippen molar-refractivity contribution in [2.24, 2.45) is 0 Å². The summed E-state index contributed by atoms with van der Waals surface area (Å²) < 4.78 is 5.00. The van der Waals surface area contributed by atoms with Gasteiger partial charge in [0, 0.05) is 32.9 Å². The Hall–Kier alpha value is -8.38. The molecule has 5 heteroatoms. The Balaban J connectivity index is 1.17. The Kier molecular flexibility index (Phi) is 5.60. The molecule has 0 bridgehead atoms. The van der Waals surface area contributed by atoms with Crippen molar-refractivity contribution in [3.05, 3.63) is 175 Å². The van der Waals surface area contributed by atoms with Gasteiger partial charge in [-0.2, -0.15) is 10.5 Å². The lowest BCUT2D eigenvalue weighted by Crippen LogP contribution is -2.59. The topological polar surface area (TPSA) is 57.4 Å². The molecule has 0 unspecified atom stereocenters. The smallest absolute Gasteiger partial charge is 0.252 e. The number of nitriles is 2. The Morgan fingerprint density at radius 2 is 0.836 bits per heavy atom. The van der Waals surface area contributed by atoms with Gasteiger partial charge in [0.15, 0.2) is 0 Å². The van der Waals surface area contributed by atoms with E-state index < -0.39 is 0 Å². The molecular weight excluding hydrogens is 739 g/mol. The molecule has 0 fully saturated rings. The van der Waals surface area contributed by atoms with E-state index in [1.807, 2.05) is 12.1 Å². The maximum atomic E-state index is 10.2. The zero-order valence-electron chi connectivity index (χ0n) is 32.5. The highest BCUT2D eigenvalue weighted by atomic mass is 15.0. The van der Waals surface area contributed by atoms with E-state index in [9.17, 15) is 10.5 Å². The van der Waals surface area contributed by atoms with E-state index in [0.717, 1.165) is 44.3 Å². The molecule has 15 rings (SSSR count). The second-order valence-corrected chi connectivity index (χ2v) is 17.0. The largest absolute Gasteiger partial charge is 0.310 e. The van der Waals surface area contributed by atoms with Crippen LogP contribution in [-0.2, 0) is 0 Å². The molecule has 0 amide bonds. The molecule has 11 aromatic carbocycles. The molecule has 61 heavy (non-hydrogen) atoms. The molecule has 0 saturated carbocycles. The summed E-state index contributed by atoms with van der Waals surface area (Å²) in [7, 11) is 0. The Morgan fingerprint density at radius 3 is 1.36 bits per heavy atom. The van der Waals surface area contributed by atoms with Crippen LogP contribution in [-0.4, -0.2) is 15.8 Å². The van der Waals surface area contributed by atoms with E-state index in [-0.39, 0.29) is 6.71 Å². The second-order valence-electron chi connectivity index (χ2n) is 17.0. The third kappa shape index (κ3) is 3.77. The van der Waals surface area contributed by atoms with Gasteiger partial charge in [-0.15, -0.1) is 0 Å². The molecule has 0 radical (unpaired) electrons. The predicted octanol–water partition coefficient (Wildman–Crippen LogP) is 11.6. The number of fused-ring (bicyclic) bond motifs is 14. The third-order valence-electron chi connectivity index (χ3n) is 14.1. The predicted molar refractivity (Wildman–Crippen MR) is 253 cm³/mol. The minimum Gasteiger partial charge on any atom is -0.310 e. The van der Waals surface area contributed by atoms with Crippen LogP contribution in [0.1, 0.15) is 11.1 Å². The summed E-state index contributed by atoms with van der Waals surface area (Å²) in [6.07, 6.45) is 0. The van der Waals surface area contributed by atoms with Gasteiger partial charge in [0.05, 0.1) is 45.3 Å². The zero-order chi connectivity index (χ0) is 39.8. The average Bonchev–Trinajstić information content (AvgIpc) is 3.84.